The fraction of sp³-hybridized carbons (Fsp3) is 0.444. The van der Waals surface area contributed by atoms with Gasteiger partial charge < -0.3 is 25.4 Å². The first kappa shape index (κ1) is 25.9. The van der Waals surface area contributed by atoms with Gasteiger partial charge in [0, 0.05) is 27.7 Å². The van der Waals surface area contributed by atoms with Gasteiger partial charge in [-0.15, -0.1) is 11.8 Å². The van der Waals surface area contributed by atoms with Gasteiger partial charge in [-0.2, -0.15) is 0 Å². The van der Waals surface area contributed by atoms with Crippen molar-refractivity contribution >= 4 is 52.5 Å². The number of thioether (sulfide) groups is 1. The van der Waals surface area contributed by atoms with Crippen LogP contribution < -0.4 is 15.4 Å². The topological polar surface area (TPSA) is 108 Å². The fourth-order valence-corrected chi connectivity index (χ4v) is 8.72. The molecule has 2 aromatic rings. The minimum atomic E-state index is -0.803. The third kappa shape index (κ3) is 4.36. The largest absolute Gasteiger partial charge is 0.494 e. The van der Waals surface area contributed by atoms with Crippen molar-refractivity contribution in [3.8, 4) is 5.75 Å². The number of likely N-dealkylation sites (tertiary alicyclic amines) is 1. The molecule has 3 N–H and O–H groups in total. The van der Waals surface area contributed by atoms with Gasteiger partial charge >= 0.3 is 0 Å². The maximum Gasteiger partial charge on any atom is 0.248 e. The minimum Gasteiger partial charge on any atom is -0.494 e. The first-order chi connectivity index (χ1) is 17.7. The number of aliphatic hydroxyl groups is 1. The summed E-state index contributed by atoms with van der Waals surface area (Å²) in [5, 5.41) is 16.2. The normalized spacial score (nSPS) is 29.8. The van der Waals surface area contributed by atoms with Crippen LogP contribution >= 0.6 is 23.4 Å². The van der Waals surface area contributed by atoms with Gasteiger partial charge in [0.25, 0.3) is 0 Å². The molecule has 2 bridgehead atoms. The number of hydrogen-bond donors (Lipinski definition) is 3. The zero-order chi connectivity index (χ0) is 26.4. The maximum absolute atomic E-state index is 13.8. The van der Waals surface area contributed by atoms with Crippen molar-refractivity contribution < 1.29 is 24.2 Å². The number of amides is 3. The number of carbonyl (C=O) groups excluding carboxylic acids is 3. The molecule has 3 saturated heterocycles. The molecule has 3 amide bonds. The summed E-state index contributed by atoms with van der Waals surface area (Å²) in [6, 6.07) is 13.1. The number of nitrogens with one attached hydrogen (secondary N) is 2. The van der Waals surface area contributed by atoms with Crippen LogP contribution in [-0.4, -0.2) is 63.0 Å². The van der Waals surface area contributed by atoms with Gasteiger partial charge in [0.2, 0.25) is 17.7 Å². The van der Waals surface area contributed by atoms with Crippen molar-refractivity contribution in [2.75, 3.05) is 30.4 Å². The first-order valence-corrected chi connectivity index (χ1v) is 13.6. The van der Waals surface area contributed by atoms with Crippen LogP contribution in [0.2, 0.25) is 5.02 Å². The zero-order valence-electron chi connectivity index (χ0n) is 20.7. The van der Waals surface area contributed by atoms with E-state index in [0.717, 1.165) is 0 Å². The number of carbonyl (C=O) groups is 3. The highest BCUT2D eigenvalue weighted by atomic mass is 35.5. The third-order valence-electron chi connectivity index (χ3n) is 7.69. The van der Waals surface area contributed by atoms with Crippen LogP contribution in [0.1, 0.15) is 26.7 Å². The summed E-state index contributed by atoms with van der Waals surface area (Å²) in [5.74, 6) is -1.38. The van der Waals surface area contributed by atoms with Gasteiger partial charge in [-0.05, 0) is 75.2 Å². The molecule has 196 valence electrons. The Kier molecular flexibility index (Phi) is 6.89. The van der Waals surface area contributed by atoms with E-state index >= 15 is 0 Å². The molecule has 0 saturated carbocycles. The molecule has 2 aromatic carbocycles. The Hall–Kier alpha value is -2.75. The van der Waals surface area contributed by atoms with Gasteiger partial charge in [-0.25, -0.2) is 0 Å². The number of ether oxygens (including phenoxy) is 1. The lowest BCUT2D eigenvalue weighted by atomic mass is 9.66. The lowest BCUT2D eigenvalue weighted by Crippen LogP contribution is -2.52. The van der Waals surface area contributed by atoms with Crippen LogP contribution in [0.3, 0.4) is 0 Å². The fourth-order valence-electron chi connectivity index (χ4n) is 6.24. The van der Waals surface area contributed by atoms with E-state index in [0.29, 0.717) is 41.6 Å². The SMILES string of the molecule is CCOc1ccc(NC(=O)[C@@H]2[C@H]3C(=O)N(CCO)C(C(=O)Nc4ccc(Cl)cc4)C34CC[C@@]2(C)S4)cc1. The summed E-state index contributed by atoms with van der Waals surface area (Å²) < 4.78 is 4.24. The molecular formula is C27H30ClN3O5S. The van der Waals surface area contributed by atoms with Crippen LogP contribution in [-0.2, 0) is 14.4 Å². The lowest BCUT2D eigenvalue weighted by molar-refractivity contribution is -0.139. The van der Waals surface area contributed by atoms with E-state index in [1.54, 1.807) is 60.3 Å². The average molecular weight is 544 g/mol. The van der Waals surface area contributed by atoms with Gasteiger partial charge in [0.15, 0.2) is 0 Å². The van der Waals surface area contributed by atoms with Crippen molar-refractivity contribution in [3.63, 3.8) is 0 Å². The van der Waals surface area contributed by atoms with Crippen LogP contribution in [0.5, 0.6) is 5.75 Å². The maximum atomic E-state index is 13.8. The zero-order valence-corrected chi connectivity index (χ0v) is 22.3. The Labute approximate surface area is 225 Å². The lowest BCUT2D eigenvalue weighted by Gasteiger charge is -2.34. The standard InChI is InChI=1S/C27H30ClN3O5S/c1-3-36-19-10-8-18(9-11-19)29-23(33)20-21-25(35)31(14-15-32)22(27(21)13-12-26(20,2)37-27)24(34)30-17-6-4-16(28)5-7-17/h4-11,20-22,32H,3,12-15H2,1-2H3,(H,29,33)(H,30,34)/t20-,21-,22?,26+,27?/m0/s1. The number of rotatable bonds is 8. The first-order valence-electron chi connectivity index (χ1n) is 12.4. The summed E-state index contributed by atoms with van der Waals surface area (Å²) in [4.78, 5) is 42.6. The second-order valence-electron chi connectivity index (χ2n) is 9.93. The Morgan fingerprint density at radius 1 is 1.08 bits per heavy atom. The Morgan fingerprint density at radius 2 is 1.70 bits per heavy atom. The molecule has 3 heterocycles. The summed E-state index contributed by atoms with van der Waals surface area (Å²) in [7, 11) is 0. The number of anilines is 2. The van der Waals surface area contributed by atoms with Crippen molar-refractivity contribution in [3.05, 3.63) is 53.6 Å². The van der Waals surface area contributed by atoms with E-state index in [2.05, 4.69) is 10.6 Å². The summed E-state index contributed by atoms with van der Waals surface area (Å²) in [5.41, 5.74) is 1.19. The third-order valence-corrected chi connectivity index (χ3v) is 9.93. The smallest absolute Gasteiger partial charge is 0.248 e. The molecule has 37 heavy (non-hydrogen) atoms. The molecule has 2 unspecified atom stereocenters. The Morgan fingerprint density at radius 3 is 2.32 bits per heavy atom. The predicted molar refractivity (Wildman–Crippen MR) is 144 cm³/mol. The molecule has 5 atom stereocenters. The van der Waals surface area contributed by atoms with Crippen LogP contribution in [0, 0.1) is 11.8 Å². The van der Waals surface area contributed by atoms with E-state index < -0.39 is 27.4 Å². The summed E-state index contributed by atoms with van der Waals surface area (Å²) in [6.07, 6.45) is 1.35. The highest BCUT2D eigenvalue weighted by Crippen LogP contribution is 2.71. The average Bonchev–Trinajstić information content (AvgIpc) is 3.43. The van der Waals surface area contributed by atoms with Gasteiger partial charge in [-0.3, -0.25) is 14.4 Å². The van der Waals surface area contributed by atoms with E-state index in [4.69, 9.17) is 16.3 Å². The van der Waals surface area contributed by atoms with Gasteiger partial charge in [0.05, 0.1) is 29.8 Å². The highest BCUT2D eigenvalue weighted by molar-refractivity contribution is 8.02. The van der Waals surface area contributed by atoms with Gasteiger partial charge in [-0.1, -0.05) is 11.6 Å². The molecule has 3 aliphatic heterocycles. The van der Waals surface area contributed by atoms with E-state index in [9.17, 15) is 19.5 Å². The van der Waals surface area contributed by atoms with Gasteiger partial charge in [0.1, 0.15) is 11.8 Å². The molecule has 1 spiro atoms. The number of aliphatic hydroxyl groups excluding tert-OH is 1. The molecule has 10 heteroatoms. The molecule has 3 aliphatic rings. The molecule has 0 aliphatic carbocycles. The summed E-state index contributed by atoms with van der Waals surface area (Å²) >= 11 is 7.57. The summed E-state index contributed by atoms with van der Waals surface area (Å²) in [6.45, 7) is 4.22. The minimum absolute atomic E-state index is 0.0281. The Balaban J connectivity index is 1.44. The monoisotopic (exact) mass is 543 g/mol. The second kappa shape index (κ2) is 9.85. The molecular weight excluding hydrogens is 514 g/mol. The Bertz CT molecular complexity index is 1210. The van der Waals surface area contributed by atoms with E-state index in [1.807, 2.05) is 13.8 Å². The second-order valence-corrected chi connectivity index (χ2v) is 12.3. The number of nitrogens with zero attached hydrogens (tertiary/aromatic N) is 1. The highest BCUT2D eigenvalue weighted by Gasteiger charge is 2.77. The van der Waals surface area contributed by atoms with E-state index in [1.165, 1.54) is 4.90 Å². The quantitative estimate of drug-likeness (QED) is 0.467. The van der Waals surface area contributed by atoms with E-state index in [-0.39, 0.29) is 30.9 Å². The molecule has 0 aromatic heterocycles. The van der Waals surface area contributed by atoms with Crippen molar-refractivity contribution in [2.45, 2.75) is 42.2 Å². The number of β-amino-alcohol motifs (C(OH)–C–C–N with tert-alkyl or cyclic N) is 1. The molecule has 5 rings (SSSR count). The van der Waals surface area contributed by atoms with Crippen molar-refractivity contribution in [1.29, 1.82) is 0 Å². The van der Waals surface area contributed by atoms with Crippen LogP contribution in [0.4, 0.5) is 11.4 Å². The number of fused-ring (bicyclic) bond motifs is 1. The molecule has 8 nitrogen and oxygen atoms in total. The number of hydrogen-bond acceptors (Lipinski definition) is 6. The van der Waals surface area contributed by atoms with Crippen LogP contribution in [0.25, 0.3) is 0 Å². The number of halogens is 1. The molecule has 3 fully saturated rings. The number of benzene rings is 2. The van der Waals surface area contributed by atoms with Crippen molar-refractivity contribution in [2.24, 2.45) is 11.8 Å². The predicted octanol–water partition coefficient (Wildman–Crippen LogP) is 3.79. The van der Waals surface area contributed by atoms with Crippen molar-refractivity contribution in [1.82, 2.24) is 4.90 Å². The molecule has 0 radical (unpaired) electrons. The van der Waals surface area contributed by atoms with Crippen LogP contribution in [0.15, 0.2) is 48.5 Å².